The first-order valence-corrected chi connectivity index (χ1v) is 23.6. The number of esters is 3. The summed E-state index contributed by atoms with van der Waals surface area (Å²) < 4.78 is 49.3. The number of Topliss-reactive ketones (excluding diaryl/α,β-unsaturated/α-hetero) is 1. The number of rotatable bonds is 16. The Morgan fingerprint density at radius 1 is 0.838 bits per heavy atom. The van der Waals surface area contributed by atoms with Crippen molar-refractivity contribution in [1.82, 2.24) is 0 Å². The fraction of sp³-hybridized carbons (Fsp3) is 0.537. The van der Waals surface area contributed by atoms with Crippen molar-refractivity contribution in [2.75, 3.05) is 13.4 Å². The molecule has 14 nitrogen and oxygen atoms in total. The lowest BCUT2D eigenvalue weighted by Crippen LogP contribution is -2.81. The second-order valence-electron chi connectivity index (χ2n) is 20.2. The van der Waals surface area contributed by atoms with Crippen LogP contribution in [-0.4, -0.2) is 90.1 Å². The Labute approximate surface area is 398 Å². The molecule has 1 heterocycles. The van der Waals surface area contributed by atoms with Gasteiger partial charge in [-0.15, -0.1) is 0 Å². The zero-order valence-corrected chi connectivity index (χ0v) is 40.6. The molecule has 3 aliphatic carbocycles. The van der Waals surface area contributed by atoms with Crippen molar-refractivity contribution in [3.8, 4) is 0 Å². The van der Waals surface area contributed by atoms with Crippen LogP contribution in [0.3, 0.4) is 0 Å². The first kappa shape index (κ1) is 50.5. The SMILES string of the molecule is CC(=O)O[C@@]12CO[C@@H]1C[C@H](OC(=O)OCc1ccccc1)[C@@]1(C)C(=O)[C@@H](C)C3=C(C)[C@@H](OC(=O)C(OCOCc4ccccc4)[C@@H](C)CC(C)C)C[C@@](O)([C@@H](OC(=O)c4ccccc4)[C@H]21)C3(C)C. The lowest BCUT2D eigenvalue weighted by Gasteiger charge is -2.67. The van der Waals surface area contributed by atoms with E-state index < -0.39 is 94.2 Å². The monoisotopic (exact) mass is 938 g/mol. The topological polar surface area (TPSA) is 179 Å². The molecule has 68 heavy (non-hydrogen) atoms. The van der Waals surface area contributed by atoms with Crippen LogP contribution >= 0.6 is 0 Å². The molecule has 1 aliphatic heterocycles. The molecular weight excluding hydrogens is 873 g/mol. The summed E-state index contributed by atoms with van der Waals surface area (Å²) >= 11 is 0. The van der Waals surface area contributed by atoms with Crippen molar-refractivity contribution >= 4 is 29.8 Å². The zero-order chi connectivity index (χ0) is 49.2. The molecule has 3 fully saturated rings. The average Bonchev–Trinajstić information content (AvgIpc) is 3.29. The van der Waals surface area contributed by atoms with Crippen molar-refractivity contribution in [2.24, 2.45) is 34.5 Å². The van der Waals surface area contributed by atoms with E-state index in [-0.39, 0.29) is 56.9 Å². The number of hydrogen-bond donors (Lipinski definition) is 1. The van der Waals surface area contributed by atoms with Gasteiger partial charge in [0.1, 0.15) is 49.2 Å². The smallest absolute Gasteiger partial charge is 0.456 e. The van der Waals surface area contributed by atoms with Gasteiger partial charge in [0.25, 0.3) is 0 Å². The fourth-order valence-corrected chi connectivity index (χ4v) is 11.7. The van der Waals surface area contributed by atoms with Crippen LogP contribution in [0.1, 0.15) is 103 Å². The molecule has 4 aliphatic rings. The van der Waals surface area contributed by atoms with E-state index in [1.807, 2.05) is 57.2 Å². The summed E-state index contributed by atoms with van der Waals surface area (Å²) in [6, 6.07) is 26.8. The average molecular weight is 939 g/mol. The van der Waals surface area contributed by atoms with Crippen LogP contribution < -0.4 is 0 Å². The molecule has 14 heteroatoms. The first-order chi connectivity index (χ1) is 32.2. The minimum Gasteiger partial charge on any atom is -0.456 e. The number of ether oxygens (including phenoxy) is 8. The summed E-state index contributed by atoms with van der Waals surface area (Å²) in [4.78, 5) is 72.1. The van der Waals surface area contributed by atoms with Crippen LogP contribution in [0.15, 0.2) is 102 Å². The standard InChI is InChI=1S/C54H66O14/c1-32(2)25-33(3)44(64-31-61-28-37-19-13-10-14-20-37)49(58)65-40-27-54(60)47(67-48(57)39-23-17-12-18-24-39)45-52(9,46(56)35(5)43(34(40)4)51(54,7)8)41(26-42-53(45,30-63-42)68-36(6)55)66-50(59)62-29-38-21-15-11-16-22-38/h10-24,32-33,35,40-42,44-45,47,60H,25-31H2,1-9H3/t33-,35-,40-,41-,42+,44?,45-,47-,52+,53-,54+/m0/s1. The Kier molecular flexibility index (Phi) is 15.1. The Morgan fingerprint density at radius 2 is 1.44 bits per heavy atom. The Hall–Kier alpha value is -5.41. The summed E-state index contributed by atoms with van der Waals surface area (Å²) in [6.45, 7) is 15.6. The summed E-state index contributed by atoms with van der Waals surface area (Å²) in [7, 11) is 0. The predicted molar refractivity (Wildman–Crippen MR) is 247 cm³/mol. The Bertz CT molecular complexity index is 2330. The van der Waals surface area contributed by atoms with E-state index in [4.69, 9.17) is 37.9 Å². The lowest BCUT2D eigenvalue weighted by atomic mass is 9.43. The van der Waals surface area contributed by atoms with Gasteiger partial charge >= 0.3 is 24.1 Å². The zero-order valence-electron chi connectivity index (χ0n) is 40.6. The summed E-state index contributed by atoms with van der Waals surface area (Å²) in [5.41, 5.74) is -4.27. The molecule has 0 spiro atoms. The van der Waals surface area contributed by atoms with Crippen molar-refractivity contribution in [3.63, 3.8) is 0 Å². The number of fused-ring (bicyclic) bond motifs is 5. The largest absolute Gasteiger partial charge is 0.508 e. The molecule has 7 rings (SSSR count). The maximum Gasteiger partial charge on any atom is 0.508 e. The summed E-state index contributed by atoms with van der Waals surface area (Å²) in [5.74, 6) is -5.21. The van der Waals surface area contributed by atoms with Gasteiger partial charge in [-0.05, 0) is 66.5 Å². The van der Waals surface area contributed by atoms with Crippen LogP contribution in [0, 0.1) is 34.5 Å². The van der Waals surface area contributed by atoms with Gasteiger partial charge in [-0.1, -0.05) is 120 Å². The van der Waals surface area contributed by atoms with Gasteiger partial charge in [0.2, 0.25) is 0 Å². The third-order valence-electron chi connectivity index (χ3n) is 14.9. The van der Waals surface area contributed by atoms with Crippen molar-refractivity contribution in [2.45, 2.75) is 137 Å². The van der Waals surface area contributed by atoms with E-state index in [9.17, 15) is 24.3 Å². The second-order valence-corrected chi connectivity index (χ2v) is 20.2. The summed E-state index contributed by atoms with van der Waals surface area (Å²) in [5, 5.41) is 14.0. The third-order valence-corrected chi connectivity index (χ3v) is 14.9. The van der Waals surface area contributed by atoms with Gasteiger partial charge in [-0.3, -0.25) is 9.59 Å². The van der Waals surface area contributed by atoms with Gasteiger partial charge in [0.05, 0.1) is 30.1 Å². The van der Waals surface area contributed by atoms with Crippen LogP contribution in [0.5, 0.6) is 0 Å². The van der Waals surface area contributed by atoms with Gasteiger partial charge in [-0.25, -0.2) is 14.4 Å². The normalized spacial score (nSPS) is 30.2. The van der Waals surface area contributed by atoms with E-state index in [0.29, 0.717) is 23.1 Å². The highest BCUT2D eigenvalue weighted by molar-refractivity contribution is 5.92. The van der Waals surface area contributed by atoms with E-state index in [1.54, 1.807) is 89.2 Å². The predicted octanol–water partition coefficient (Wildman–Crippen LogP) is 8.51. The number of aliphatic hydroxyl groups is 1. The van der Waals surface area contributed by atoms with E-state index >= 15 is 4.79 Å². The molecule has 11 atom stereocenters. The molecule has 2 bridgehead atoms. The van der Waals surface area contributed by atoms with Crippen LogP contribution in [-0.2, 0) is 65.5 Å². The molecule has 2 saturated carbocycles. The maximum atomic E-state index is 15.9. The number of carbonyl (C=O) groups is 5. The minimum atomic E-state index is -2.17. The van der Waals surface area contributed by atoms with Crippen LogP contribution in [0.2, 0.25) is 0 Å². The highest BCUT2D eigenvalue weighted by Crippen LogP contribution is 2.65. The van der Waals surface area contributed by atoms with Gasteiger partial charge in [0.15, 0.2) is 11.7 Å². The van der Waals surface area contributed by atoms with Gasteiger partial charge in [0, 0.05) is 31.1 Å². The van der Waals surface area contributed by atoms with Crippen molar-refractivity contribution in [3.05, 3.63) is 119 Å². The van der Waals surface area contributed by atoms with E-state index in [0.717, 1.165) is 5.56 Å². The maximum absolute atomic E-state index is 15.9. The van der Waals surface area contributed by atoms with Crippen LogP contribution in [0.4, 0.5) is 4.79 Å². The third kappa shape index (κ3) is 9.61. The quantitative estimate of drug-likeness (QED) is 0.0475. The number of hydrogen-bond acceptors (Lipinski definition) is 14. The highest BCUT2D eigenvalue weighted by atomic mass is 16.7. The molecule has 1 saturated heterocycles. The number of benzene rings is 3. The van der Waals surface area contributed by atoms with Crippen molar-refractivity contribution in [1.29, 1.82) is 0 Å². The van der Waals surface area contributed by atoms with E-state index in [2.05, 4.69) is 0 Å². The second kappa shape index (κ2) is 20.3. The Morgan fingerprint density at radius 3 is 2.01 bits per heavy atom. The fourth-order valence-electron chi connectivity index (χ4n) is 11.7. The molecule has 0 amide bonds. The number of carbonyl (C=O) groups excluding carboxylic acids is 5. The van der Waals surface area contributed by atoms with E-state index in [1.165, 1.54) is 6.92 Å². The molecule has 366 valence electrons. The first-order valence-electron chi connectivity index (χ1n) is 23.6. The molecular formula is C54H66O14. The van der Waals surface area contributed by atoms with Crippen molar-refractivity contribution < 1.29 is 67.0 Å². The molecule has 1 N–H and O–H groups in total. The molecule has 0 aromatic heterocycles. The number of ketones is 1. The lowest BCUT2D eigenvalue weighted by molar-refractivity contribution is -0.345. The van der Waals surface area contributed by atoms with Gasteiger partial charge in [-0.2, -0.15) is 0 Å². The molecule has 3 aromatic rings. The van der Waals surface area contributed by atoms with Crippen LogP contribution in [0.25, 0.3) is 0 Å². The molecule has 1 unspecified atom stereocenters. The minimum absolute atomic E-state index is 0.0936. The summed E-state index contributed by atoms with van der Waals surface area (Å²) in [6.07, 6.45) is -7.03. The molecule has 3 aromatic carbocycles. The van der Waals surface area contributed by atoms with Gasteiger partial charge < -0.3 is 43.0 Å². The molecule has 0 radical (unpaired) electrons. The Balaban J connectivity index is 1.33. The highest BCUT2D eigenvalue weighted by Gasteiger charge is 2.78.